The van der Waals surface area contributed by atoms with Crippen LogP contribution in [0.5, 0.6) is 0 Å². The maximum absolute atomic E-state index is 13.4. The number of rotatable bonds is 1. The molecule has 7 heteroatoms. The predicted octanol–water partition coefficient (Wildman–Crippen LogP) is 3.13. The normalized spacial score (nSPS) is 20.6. The molecule has 1 atom stereocenters. The first kappa shape index (κ1) is 16.1. The molecule has 5 rings (SSSR count). The van der Waals surface area contributed by atoms with Gasteiger partial charge < -0.3 is 10.2 Å². The fourth-order valence-electron chi connectivity index (χ4n) is 4.14. The average Bonchev–Trinajstić information content (AvgIpc) is 3.17. The van der Waals surface area contributed by atoms with Crippen LogP contribution in [-0.4, -0.2) is 28.6 Å². The van der Waals surface area contributed by atoms with Crippen LogP contribution in [-0.2, 0) is 15.0 Å². The number of para-hydroxylation sites is 1. The standard InChI is InChI=1S/C20H15ClN4O2/c1-24-16-8-7-12(21)9-14(16)20(19(24)27)10-17(26)23-18-15(20)11-22-25(18)13-5-3-2-4-6-13/h2-9,11H,10H2,1H3,(H,23,26)/t20-/m0/s1. The molecule has 1 spiro atoms. The first-order chi connectivity index (χ1) is 13.0. The predicted molar refractivity (Wildman–Crippen MR) is 102 cm³/mol. The van der Waals surface area contributed by atoms with Crippen LogP contribution in [0, 0.1) is 0 Å². The fourth-order valence-corrected chi connectivity index (χ4v) is 4.32. The molecule has 27 heavy (non-hydrogen) atoms. The molecule has 1 N–H and O–H groups in total. The summed E-state index contributed by atoms with van der Waals surface area (Å²) in [5.74, 6) is 0.144. The Kier molecular flexibility index (Phi) is 3.24. The van der Waals surface area contributed by atoms with Crippen molar-refractivity contribution in [2.45, 2.75) is 11.8 Å². The van der Waals surface area contributed by atoms with E-state index in [0.29, 0.717) is 16.4 Å². The molecule has 0 bridgehead atoms. The van der Waals surface area contributed by atoms with Gasteiger partial charge in [-0.05, 0) is 35.9 Å². The number of hydrogen-bond donors (Lipinski definition) is 1. The minimum atomic E-state index is -1.11. The van der Waals surface area contributed by atoms with Gasteiger partial charge in [-0.3, -0.25) is 9.59 Å². The molecule has 0 radical (unpaired) electrons. The molecule has 0 saturated heterocycles. The van der Waals surface area contributed by atoms with Crippen molar-refractivity contribution in [2.24, 2.45) is 0 Å². The van der Waals surface area contributed by atoms with E-state index in [-0.39, 0.29) is 18.2 Å². The zero-order valence-electron chi connectivity index (χ0n) is 14.4. The number of benzene rings is 2. The quantitative estimate of drug-likeness (QED) is 0.707. The minimum Gasteiger partial charge on any atom is -0.314 e. The van der Waals surface area contributed by atoms with E-state index in [9.17, 15) is 9.59 Å². The van der Waals surface area contributed by atoms with Crippen molar-refractivity contribution < 1.29 is 9.59 Å². The Labute approximate surface area is 160 Å². The summed E-state index contributed by atoms with van der Waals surface area (Å²) in [6.07, 6.45) is 1.69. The molecule has 3 aromatic rings. The van der Waals surface area contributed by atoms with Gasteiger partial charge >= 0.3 is 0 Å². The number of amides is 2. The highest BCUT2D eigenvalue weighted by Gasteiger charge is 2.56. The summed E-state index contributed by atoms with van der Waals surface area (Å²) in [6, 6.07) is 14.8. The Balaban J connectivity index is 1.80. The van der Waals surface area contributed by atoms with Gasteiger partial charge in [0.15, 0.2) is 0 Å². The van der Waals surface area contributed by atoms with Crippen molar-refractivity contribution in [3.63, 3.8) is 0 Å². The third kappa shape index (κ3) is 2.04. The number of carbonyl (C=O) groups excluding carboxylic acids is 2. The average molecular weight is 379 g/mol. The Bertz CT molecular complexity index is 1110. The molecule has 2 aromatic carbocycles. The van der Waals surface area contributed by atoms with Crippen LogP contribution in [0.15, 0.2) is 54.7 Å². The van der Waals surface area contributed by atoms with Gasteiger partial charge in [0.05, 0.1) is 11.9 Å². The largest absolute Gasteiger partial charge is 0.314 e. The number of fused-ring (bicyclic) bond motifs is 4. The van der Waals surface area contributed by atoms with Gasteiger partial charge in [-0.25, -0.2) is 4.68 Å². The minimum absolute atomic E-state index is 0.0248. The number of halogens is 1. The van der Waals surface area contributed by atoms with E-state index in [1.54, 1.807) is 35.0 Å². The molecule has 2 aliphatic heterocycles. The molecule has 0 saturated carbocycles. The monoisotopic (exact) mass is 378 g/mol. The molecular weight excluding hydrogens is 364 g/mol. The first-order valence-electron chi connectivity index (χ1n) is 8.54. The molecule has 0 aliphatic carbocycles. The number of hydrogen-bond acceptors (Lipinski definition) is 3. The van der Waals surface area contributed by atoms with Crippen molar-refractivity contribution in [3.05, 3.63) is 70.9 Å². The number of likely N-dealkylation sites (N-methyl/N-ethyl adjacent to an activating group) is 1. The highest BCUT2D eigenvalue weighted by Crippen LogP contribution is 2.52. The van der Waals surface area contributed by atoms with E-state index in [4.69, 9.17) is 11.6 Å². The molecule has 0 unspecified atom stereocenters. The second-order valence-electron chi connectivity index (χ2n) is 6.81. The molecule has 3 heterocycles. The van der Waals surface area contributed by atoms with Crippen molar-refractivity contribution in [1.29, 1.82) is 0 Å². The summed E-state index contributed by atoms with van der Waals surface area (Å²) >= 11 is 6.23. The van der Waals surface area contributed by atoms with Crippen LogP contribution in [0.25, 0.3) is 5.69 Å². The summed E-state index contributed by atoms with van der Waals surface area (Å²) in [7, 11) is 1.72. The summed E-state index contributed by atoms with van der Waals surface area (Å²) < 4.78 is 1.66. The molecule has 0 fully saturated rings. The lowest BCUT2D eigenvalue weighted by molar-refractivity contribution is -0.126. The summed E-state index contributed by atoms with van der Waals surface area (Å²) in [5.41, 5.74) is 1.88. The van der Waals surface area contributed by atoms with Gasteiger partial charge in [0, 0.05) is 29.7 Å². The van der Waals surface area contributed by atoms with Crippen molar-refractivity contribution in [1.82, 2.24) is 9.78 Å². The topological polar surface area (TPSA) is 67.2 Å². The van der Waals surface area contributed by atoms with Gasteiger partial charge in [0.2, 0.25) is 11.8 Å². The van der Waals surface area contributed by atoms with Crippen LogP contribution >= 0.6 is 11.6 Å². The lowest BCUT2D eigenvalue weighted by Crippen LogP contribution is -2.45. The molecule has 134 valence electrons. The first-order valence-corrected chi connectivity index (χ1v) is 8.92. The maximum Gasteiger partial charge on any atom is 0.242 e. The van der Waals surface area contributed by atoms with Crippen molar-refractivity contribution >= 4 is 34.9 Å². The molecule has 6 nitrogen and oxygen atoms in total. The van der Waals surface area contributed by atoms with E-state index in [0.717, 1.165) is 16.9 Å². The zero-order chi connectivity index (χ0) is 18.8. The smallest absolute Gasteiger partial charge is 0.242 e. The third-order valence-electron chi connectivity index (χ3n) is 5.36. The third-order valence-corrected chi connectivity index (χ3v) is 5.60. The number of carbonyl (C=O) groups is 2. The number of aromatic nitrogens is 2. The Morgan fingerprint density at radius 1 is 1.11 bits per heavy atom. The second-order valence-corrected chi connectivity index (χ2v) is 7.25. The van der Waals surface area contributed by atoms with Crippen molar-refractivity contribution in [3.8, 4) is 5.69 Å². The van der Waals surface area contributed by atoms with Gasteiger partial charge in [-0.1, -0.05) is 29.8 Å². The van der Waals surface area contributed by atoms with E-state index in [1.807, 2.05) is 36.4 Å². The van der Waals surface area contributed by atoms with Gasteiger partial charge in [0.25, 0.3) is 0 Å². The highest BCUT2D eigenvalue weighted by atomic mass is 35.5. The van der Waals surface area contributed by atoms with Crippen LogP contribution in [0.1, 0.15) is 17.5 Å². The summed E-state index contributed by atoms with van der Waals surface area (Å²) in [6.45, 7) is 0. The molecule has 2 aliphatic rings. The Hall–Kier alpha value is -3.12. The summed E-state index contributed by atoms with van der Waals surface area (Å²) in [5, 5.41) is 7.90. The lowest BCUT2D eigenvalue weighted by atomic mass is 9.72. The second kappa shape index (κ2) is 5.44. The number of nitrogens with zero attached hydrogens (tertiary/aromatic N) is 3. The van der Waals surface area contributed by atoms with E-state index in [2.05, 4.69) is 10.4 Å². The van der Waals surface area contributed by atoms with Crippen LogP contribution in [0.2, 0.25) is 5.02 Å². The lowest BCUT2D eigenvalue weighted by Gasteiger charge is -2.32. The number of nitrogens with one attached hydrogen (secondary N) is 1. The summed E-state index contributed by atoms with van der Waals surface area (Å²) in [4.78, 5) is 27.6. The van der Waals surface area contributed by atoms with Crippen LogP contribution in [0.4, 0.5) is 11.5 Å². The van der Waals surface area contributed by atoms with Crippen LogP contribution < -0.4 is 10.2 Å². The van der Waals surface area contributed by atoms with E-state index < -0.39 is 5.41 Å². The maximum atomic E-state index is 13.4. The molecule has 2 amide bonds. The molecule has 1 aromatic heterocycles. The number of anilines is 2. The zero-order valence-corrected chi connectivity index (χ0v) is 15.2. The van der Waals surface area contributed by atoms with E-state index in [1.165, 1.54) is 0 Å². The highest BCUT2D eigenvalue weighted by molar-refractivity contribution is 6.31. The van der Waals surface area contributed by atoms with Crippen molar-refractivity contribution in [2.75, 3.05) is 17.3 Å². The van der Waals surface area contributed by atoms with Gasteiger partial charge in [0.1, 0.15) is 11.2 Å². The van der Waals surface area contributed by atoms with Crippen LogP contribution in [0.3, 0.4) is 0 Å². The molecular formula is C20H15ClN4O2. The van der Waals surface area contributed by atoms with Gasteiger partial charge in [-0.2, -0.15) is 5.10 Å². The Morgan fingerprint density at radius 3 is 2.67 bits per heavy atom. The SMILES string of the molecule is CN1C(=O)[C@@]2(CC(=O)Nc3c2cnn3-c2ccccc2)c2cc(Cl)ccc21. The fraction of sp³-hybridized carbons (Fsp3) is 0.150. The van der Waals surface area contributed by atoms with Gasteiger partial charge in [-0.15, -0.1) is 0 Å². The van der Waals surface area contributed by atoms with E-state index >= 15 is 0 Å². The Morgan fingerprint density at radius 2 is 1.89 bits per heavy atom.